The molecule has 1 aliphatic rings. The van der Waals surface area contributed by atoms with E-state index in [1.165, 1.54) is 5.56 Å². The van der Waals surface area contributed by atoms with Gasteiger partial charge in [0, 0.05) is 32.2 Å². The molecule has 1 aliphatic heterocycles. The minimum Gasteiger partial charge on any atom is -0.347 e. The van der Waals surface area contributed by atoms with E-state index in [2.05, 4.69) is 16.5 Å². The van der Waals surface area contributed by atoms with Crippen LogP contribution < -0.4 is 5.32 Å². The van der Waals surface area contributed by atoms with Crippen molar-refractivity contribution in [2.45, 2.75) is 33.0 Å². The molecule has 0 saturated heterocycles. The first-order valence-electron chi connectivity index (χ1n) is 9.85. The van der Waals surface area contributed by atoms with E-state index >= 15 is 0 Å². The molecule has 0 unspecified atom stereocenters. The van der Waals surface area contributed by atoms with Gasteiger partial charge in [-0.25, -0.2) is 0 Å². The van der Waals surface area contributed by atoms with E-state index in [-0.39, 0.29) is 17.5 Å². The van der Waals surface area contributed by atoms with Crippen LogP contribution in [0.1, 0.15) is 44.1 Å². The van der Waals surface area contributed by atoms with Crippen molar-refractivity contribution < 1.29 is 9.59 Å². The zero-order chi connectivity index (χ0) is 20.2. The quantitative estimate of drug-likeness (QED) is 0.730. The molecule has 29 heavy (non-hydrogen) atoms. The maximum absolute atomic E-state index is 13.1. The van der Waals surface area contributed by atoms with Crippen LogP contribution in [0.3, 0.4) is 0 Å². The third-order valence-corrected chi connectivity index (χ3v) is 5.07. The second-order valence-electron chi connectivity index (χ2n) is 7.38. The summed E-state index contributed by atoms with van der Waals surface area (Å²) < 4.78 is 1.66. The van der Waals surface area contributed by atoms with Crippen LogP contribution in [0, 0.1) is 6.92 Å². The van der Waals surface area contributed by atoms with Gasteiger partial charge in [0.05, 0.1) is 0 Å². The monoisotopic (exact) mass is 388 g/mol. The first kappa shape index (κ1) is 18.9. The van der Waals surface area contributed by atoms with E-state index in [0.717, 1.165) is 17.5 Å². The van der Waals surface area contributed by atoms with E-state index in [0.29, 0.717) is 31.9 Å². The van der Waals surface area contributed by atoms with Crippen molar-refractivity contribution in [3.63, 3.8) is 0 Å². The molecule has 0 saturated carbocycles. The van der Waals surface area contributed by atoms with Crippen molar-refractivity contribution in [2.75, 3.05) is 6.54 Å². The molecule has 2 heterocycles. The molecule has 0 spiro atoms. The second kappa shape index (κ2) is 8.31. The predicted octanol–water partition coefficient (Wildman–Crippen LogP) is 3.17. The van der Waals surface area contributed by atoms with Gasteiger partial charge in [-0.15, -0.1) is 0 Å². The smallest absolute Gasteiger partial charge is 0.272 e. The lowest BCUT2D eigenvalue weighted by molar-refractivity contribution is 0.0745. The third kappa shape index (κ3) is 4.37. The molecule has 0 atom stereocenters. The fourth-order valence-electron chi connectivity index (χ4n) is 3.60. The van der Waals surface area contributed by atoms with Crippen LogP contribution in [0.15, 0.2) is 60.7 Å². The highest BCUT2D eigenvalue weighted by atomic mass is 16.2. The molecular formula is C23H24N4O2. The number of benzene rings is 2. The van der Waals surface area contributed by atoms with E-state index in [4.69, 9.17) is 0 Å². The summed E-state index contributed by atoms with van der Waals surface area (Å²) in [6, 6.07) is 19.5. The van der Waals surface area contributed by atoms with Gasteiger partial charge in [0.25, 0.3) is 11.8 Å². The number of aromatic nitrogens is 2. The second-order valence-corrected chi connectivity index (χ2v) is 7.38. The fourth-order valence-corrected chi connectivity index (χ4v) is 3.60. The van der Waals surface area contributed by atoms with Gasteiger partial charge < -0.3 is 10.2 Å². The Hall–Kier alpha value is -3.41. The first-order valence-corrected chi connectivity index (χ1v) is 9.85. The summed E-state index contributed by atoms with van der Waals surface area (Å²) in [5.41, 5.74) is 4.04. The average molecular weight is 388 g/mol. The summed E-state index contributed by atoms with van der Waals surface area (Å²) >= 11 is 0. The molecule has 0 aliphatic carbocycles. The SMILES string of the molecule is Cc1cccc(CN2CCCn3nc(C(=O)NCc4ccccc4)cc3C2=O)c1. The molecule has 1 aromatic heterocycles. The van der Waals surface area contributed by atoms with E-state index in [1.54, 1.807) is 10.7 Å². The number of hydrogen-bond donors (Lipinski definition) is 1. The molecule has 6 heteroatoms. The summed E-state index contributed by atoms with van der Waals surface area (Å²) in [5.74, 6) is -0.355. The van der Waals surface area contributed by atoms with Gasteiger partial charge in [0.2, 0.25) is 0 Å². The summed E-state index contributed by atoms with van der Waals surface area (Å²) in [6.07, 6.45) is 0.803. The maximum atomic E-state index is 13.1. The van der Waals surface area contributed by atoms with Crippen molar-refractivity contribution in [3.8, 4) is 0 Å². The molecule has 0 radical (unpaired) electrons. The maximum Gasteiger partial charge on any atom is 0.272 e. The molecular weight excluding hydrogens is 364 g/mol. The average Bonchev–Trinajstić information content (AvgIpc) is 3.10. The minimum absolute atomic E-state index is 0.0846. The first-order chi connectivity index (χ1) is 14.1. The topological polar surface area (TPSA) is 67.2 Å². The molecule has 148 valence electrons. The van der Waals surface area contributed by atoms with Gasteiger partial charge in [-0.1, -0.05) is 60.2 Å². The lowest BCUT2D eigenvalue weighted by Crippen LogP contribution is -2.30. The minimum atomic E-state index is -0.271. The molecule has 4 rings (SSSR count). The zero-order valence-corrected chi connectivity index (χ0v) is 16.5. The summed E-state index contributed by atoms with van der Waals surface area (Å²) in [6.45, 7) is 4.32. The number of fused-ring (bicyclic) bond motifs is 1. The number of nitrogens with one attached hydrogen (secondary N) is 1. The van der Waals surface area contributed by atoms with Gasteiger partial charge >= 0.3 is 0 Å². The van der Waals surface area contributed by atoms with Crippen molar-refractivity contribution in [1.29, 1.82) is 0 Å². The molecule has 1 N–H and O–H groups in total. The van der Waals surface area contributed by atoms with E-state index < -0.39 is 0 Å². The van der Waals surface area contributed by atoms with Crippen molar-refractivity contribution in [3.05, 3.63) is 88.7 Å². The number of carbonyl (C=O) groups excluding carboxylic acids is 2. The summed E-state index contributed by atoms with van der Waals surface area (Å²) in [5, 5.41) is 7.26. The van der Waals surface area contributed by atoms with Gasteiger partial charge in [-0.2, -0.15) is 5.10 Å². The molecule has 2 aromatic carbocycles. The van der Waals surface area contributed by atoms with Gasteiger partial charge in [0.15, 0.2) is 5.69 Å². The van der Waals surface area contributed by atoms with Crippen molar-refractivity contribution >= 4 is 11.8 Å². The third-order valence-electron chi connectivity index (χ3n) is 5.07. The number of amides is 2. The number of carbonyl (C=O) groups is 2. The number of nitrogens with zero attached hydrogens (tertiary/aromatic N) is 3. The molecule has 2 amide bonds. The molecule has 0 bridgehead atoms. The van der Waals surface area contributed by atoms with Gasteiger partial charge in [-0.3, -0.25) is 14.3 Å². The Bertz CT molecular complexity index is 1030. The molecule has 6 nitrogen and oxygen atoms in total. The Morgan fingerprint density at radius 2 is 1.83 bits per heavy atom. The number of aryl methyl sites for hydroxylation is 2. The Labute approximate surface area is 170 Å². The Morgan fingerprint density at radius 3 is 2.62 bits per heavy atom. The highest BCUT2D eigenvalue weighted by Gasteiger charge is 2.26. The summed E-state index contributed by atoms with van der Waals surface area (Å²) in [4.78, 5) is 27.4. The van der Waals surface area contributed by atoms with Gasteiger partial charge in [-0.05, 0) is 24.5 Å². The van der Waals surface area contributed by atoms with E-state index in [1.807, 2.05) is 60.4 Å². The normalized spacial score (nSPS) is 13.7. The van der Waals surface area contributed by atoms with Crippen LogP contribution in [-0.2, 0) is 19.6 Å². The van der Waals surface area contributed by atoms with Crippen molar-refractivity contribution in [2.24, 2.45) is 0 Å². The van der Waals surface area contributed by atoms with Crippen LogP contribution in [0.2, 0.25) is 0 Å². The number of rotatable bonds is 5. The zero-order valence-electron chi connectivity index (χ0n) is 16.5. The highest BCUT2D eigenvalue weighted by molar-refractivity contribution is 5.98. The molecule has 3 aromatic rings. The standard InChI is InChI=1S/C23H24N4O2/c1-17-7-5-10-19(13-17)16-26-11-6-12-27-21(23(26)29)14-20(25-27)22(28)24-15-18-8-3-2-4-9-18/h2-5,7-10,13-14H,6,11-12,15-16H2,1H3,(H,24,28). The predicted molar refractivity (Wildman–Crippen MR) is 110 cm³/mol. The lowest BCUT2D eigenvalue weighted by Gasteiger charge is -2.20. The fraction of sp³-hybridized carbons (Fsp3) is 0.261. The highest BCUT2D eigenvalue weighted by Crippen LogP contribution is 2.17. The van der Waals surface area contributed by atoms with Gasteiger partial charge in [0.1, 0.15) is 5.69 Å². The van der Waals surface area contributed by atoms with Crippen LogP contribution in [0.4, 0.5) is 0 Å². The Balaban J connectivity index is 1.48. The molecule has 0 fully saturated rings. The Kier molecular flexibility index (Phi) is 5.42. The van der Waals surface area contributed by atoms with Crippen molar-refractivity contribution in [1.82, 2.24) is 20.0 Å². The Morgan fingerprint density at radius 1 is 1.03 bits per heavy atom. The summed E-state index contributed by atoms with van der Waals surface area (Å²) in [7, 11) is 0. The van der Waals surface area contributed by atoms with Crippen LogP contribution in [0.25, 0.3) is 0 Å². The van der Waals surface area contributed by atoms with E-state index in [9.17, 15) is 9.59 Å². The number of hydrogen-bond acceptors (Lipinski definition) is 3. The van der Waals surface area contributed by atoms with Crippen LogP contribution in [0.5, 0.6) is 0 Å². The largest absolute Gasteiger partial charge is 0.347 e. The van der Waals surface area contributed by atoms with Crippen LogP contribution >= 0.6 is 0 Å². The van der Waals surface area contributed by atoms with Crippen LogP contribution in [-0.4, -0.2) is 33.0 Å². The lowest BCUT2D eigenvalue weighted by atomic mass is 10.1.